The first-order valence-electron chi connectivity index (χ1n) is 12.2. The Balaban J connectivity index is 1.32. The molecular formula is C26H33N3O6S. The maximum Gasteiger partial charge on any atom is 0.246 e. The molecule has 0 spiro atoms. The lowest BCUT2D eigenvalue weighted by Crippen LogP contribution is -2.41. The number of nitrogens with one attached hydrogen (secondary N) is 1. The number of likely N-dealkylation sites (tertiary alicyclic amines) is 1. The van der Waals surface area contributed by atoms with Gasteiger partial charge in [0.15, 0.2) is 0 Å². The van der Waals surface area contributed by atoms with Crippen molar-refractivity contribution < 1.29 is 27.5 Å². The number of ether oxygens (including phenoxy) is 2. The SMILES string of the molecule is COc1ccc(OC)c(S(=O)(=O)N2CCC(C(=O)Nc3ccc(CC(=O)N4CCCC4)cc3)CC2)c1. The maximum atomic E-state index is 13.3. The highest BCUT2D eigenvalue weighted by Gasteiger charge is 2.34. The Kier molecular flexibility index (Phi) is 8.15. The molecule has 0 radical (unpaired) electrons. The van der Waals surface area contributed by atoms with Gasteiger partial charge in [-0.3, -0.25) is 9.59 Å². The summed E-state index contributed by atoms with van der Waals surface area (Å²) in [5.41, 5.74) is 1.57. The first-order valence-corrected chi connectivity index (χ1v) is 13.7. The minimum atomic E-state index is -3.80. The highest BCUT2D eigenvalue weighted by molar-refractivity contribution is 7.89. The van der Waals surface area contributed by atoms with Gasteiger partial charge in [-0.1, -0.05) is 12.1 Å². The summed E-state index contributed by atoms with van der Waals surface area (Å²) in [5, 5.41) is 2.93. The van der Waals surface area contributed by atoms with Crippen LogP contribution in [-0.4, -0.2) is 69.8 Å². The molecule has 0 bridgehead atoms. The Hall–Kier alpha value is -3.11. The molecule has 2 fully saturated rings. The topological polar surface area (TPSA) is 105 Å². The fraction of sp³-hybridized carbons (Fsp3) is 0.462. The molecule has 2 amide bonds. The number of piperidine rings is 1. The summed E-state index contributed by atoms with van der Waals surface area (Å²) in [6.07, 6.45) is 3.33. The van der Waals surface area contributed by atoms with Gasteiger partial charge in [0.05, 0.1) is 20.6 Å². The number of hydrogen-bond donors (Lipinski definition) is 1. The van der Waals surface area contributed by atoms with Gasteiger partial charge in [0, 0.05) is 43.9 Å². The van der Waals surface area contributed by atoms with E-state index >= 15 is 0 Å². The van der Waals surface area contributed by atoms with Crippen molar-refractivity contribution in [2.45, 2.75) is 37.0 Å². The summed E-state index contributed by atoms with van der Waals surface area (Å²) in [6, 6.07) is 12.0. The second kappa shape index (κ2) is 11.3. The smallest absolute Gasteiger partial charge is 0.246 e. The molecule has 0 saturated carbocycles. The van der Waals surface area contributed by atoms with E-state index in [9.17, 15) is 18.0 Å². The highest BCUT2D eigenvalue weighted by Crippen LogP contribution is 2.32. The van der Waals surface area contributed by atoms with E-state index in [1.54, 1.807) is 24.3 Å². The first kappa shape index (κ1) is 26.0. The number of carbonyl (C=O) groups excluding carboxylic acids is 2. The molecule has 2 saturated heterocycles. The van der Waals surface area contributed by atoms with Crippen LogP contribution in [0.25, 0.3) is 0 Å². The molecule has 0 atom stereocenters. The Morgan fingerprint density at radius 1 is 0.944 bits per heavy atom. The number of benzene rings is 2. The zero-order chi connectivity index (χ0) is 25.7. The molecule has 36 heavy (non-hydrogen) atoms. The van der Waals surface area contributed by atoms with Crippen molar-refractivity contribution in [2.75, 3.05) is 45.7 Å². The minimum absolute atomic E-state index is 0.0514. The van der Waals surface area contributed by atoms with Crippen molar-refractivity contribution in [1.29, 1.82) is 0 Å². The molecule has 0 aliphatic carbocycles. The van der Waals surface area contributed by atoms with Gasteiger partial charge in [-0.15, -0.1) is 0 Å². The number of hydrogen-bond acceptors (Lipinski definition) is 6. The zero-order valence-corrected chi connectivity index (χ0v) is 21.6. The summed E-state index contributed by atoms with van der Waals surface area (Å²) in [4.78, 5) is 27.1. The lowest BCUT2D eigenvalue weighted by Gasteiger charge is -2.31. The van der Waals surface area contributed by atoms with Crippen molar-refractivity contribution in [3.63, 3.8) is 0 Å². The number of sulfonamides is 1. The number of nitrogens with zero attached hydrogens (tertiary/aromatic N) is 2. The van der Waals surface area contributed by atoms with Gasteiger partial charge in [0.25, 0.3) is 0 Å². The summed E-state index contributed by atoms with van der Waals surface area (Å²) in [5.74, 6) is 0.390. The Morgan fingerprint density at radius 2 is 1.61 bits per heavy atom. The standard InChI is InChI=1S/C26H33N3O6S/c1-34-22-9-10-23(35-2)24(18-22)36(32,33)29-15-11-20(12-16-29)26(31)27-21-7-5-19(6-8-21)17-25(30)28-13-3-4-14-28/h5-10,18,20H,3-4,11-17H2,1-2H3,(H,27,31). The van der Waals surface area contributed by atoms with Crippen LogP contribution < -0.4 is 14.8 Å². The fourth-order valence-corrected chi connectivity index (χ4v) is 6.33. The molecule has 2 aromatic rings. The Bertz CT molecular complexity index is 1180. The van der Waals surface area contributed by atoms with Crippen LogP contribution in [0.2, 0.25) is 0 Å². The number of rotatable bonds is 8. The van der Waals surface area contributed by atoms with Crippen molar-refractivity contribution in [3.8, 4) is 11.5 Å². The van der Waals surface area contributed by atoms with Crippen LogP contribution >= 0.6 is 0 Å². The maximum absolute atomic E-state index is 13.3. The average Bonchev–Trinajstić information content (AvgIpc) is 3.45. The van der Waals surface area contributed by atoms with Gasteiger partial charge in [-0.05, 0) is 55.5 Å². The fourth-order valence-electron chi connectivity index (χ4n) is 4.69. The van der Waals surface area contributed by atoms with E-state index in [1.807, 2.05) is 17.0 Å². The van der Waals surface area contributed by atoms with Gasteiger partial charge in [-0.2, -0.15) is 4.31 Å². The normalized spacial score (nSPS) is 17.1. The van der Waals surface area contributed by atoms with Gasteiger partial charge >= 0.3 is 0 Å². The van der Waals surface area contributed by atoms with Crippen LogP contribution in [-0.2, 0) is 26.0 Å². The van der Waals surface area contributed by atoms with Crippen LogP contribution in [0.15, 0.2) is 47.4 Å². The number of methoxy groups -OCH3 is 2. The first-order chi connectivity index (χ1) is 17.3. The van der Waals surface area contributed by atoms with E-state index in [-0.39, 0.29) is 41.5 Å². The predicted molar refractivity (Wildman–Crippen MR) is 136 cm³/mol. The Labute approximate surface area is 212 Å². The van der Waals surface area contributed by atoms with Crippen molar-refractivity contribution in [2.24, 2.45) is 5.92 Å². The molecule has 2 aromatic carbocycles. The lowest BCUT2D eigenvalue weighted by atomic mass is 9.97. The second-order valence-electron chi connectivity index (χ2n) is 9.15. The van der Waals surface area contributed by atoms with Gasteiger partial charge in [0.1, 0.15) is 16.4 Å². The average molecular weight is 516 g/mol. The molecule has 0 unspecified atom stereocenters. The van der Waals surface area contributed by atoms with E-state index in [0.717, 1.165) is 31.5 Å². The van der Waals surface area contributed by atoms with Gasteiger partial charge < -0.3 is 19.7 Å². The van der Waals surface area contributed by atoms with Gasteiger partial charge in [0.2, 0.25) is 21.8 Å². The van der Waals surface area contributed by atoms with Crippen LogP contribution in [0.3, 0.4) is 0 Å². The third-order valence-electron chi connectivity index (χ3n) is 6.85. The molecule has 194 valence electrons. The van der Waals surface area contributed by atoms with Gasteiger partial charge in [-0.25, -0.2) is 8.42 Å². The molecule has 0 aromatic heterocycles. The predicted octanol–water partition coefficient (Wildman–Crippen LogP) is 2.91. The minimum Gasteiger partial charge on any atom is -0.497 e. The molecule has 2 aliphatic rings. The monoisotopic (exact) mass is 515 g/mol. The molecule has 9 nitrogen and oxygen atoms in total. The summed E-state index contributed by atoms with van der Waals surface area (Å²) < 4.78 is 38.3. The third kappa shape index (κ3) is 5.82. The van der Waals surface area contributed by atoms with E-state index < -0.39 is 10.0 Å². The van der Waals surface area contributed by atoms with Crippen molar-refractivity contribution in [3.05, 3.63) is 48.0 Å². The molecule has 4 rings (SSSR count). The Morgan fingerprint density at radius 3 is 2.22 bits per heavy atom. The van der Waals surface area contributed by atoms with Crippen molar-refractivity contribution >= 4 is 27.5 Å². The van der Waals surface area contributed by atoms with Crippen LogP contribution in [0.5, 0.6) is 11.5 Å². The number of anilines is 1. The molecular weight excluding hydrogens is 482 g/mol. The van der Waals surface area contributed by atoms with Crippen LogP contribution in [0, 0.1) is 5.92 Å². The van der Waals surface area contributed by atoms with E-state index in [4.69, 9.17) is 9.47 Å². The number of amides is 2. The number of carbonyl (C=O) groups is 2. The molecule has 2 aliphatic heterocycles. The second-order valence-corrected chi connectivity index (χ2v) is 11.1. The summed E-state index contributed by atoms with van der Waals surface area (Å²) in [6.45, 7) is 2.14. The largest absolute Gasteiger partial charge is 0.497 e. The van der Waals surface area contributed by atoms with Crippen LogP contribution in [0.4, 0.5) is 5.69 Å². The third-order valence-corrected chi connectivity index (χ3v) is 8.77. The zero-order valence-electron chi connectivity index (χ0n) is 20.7. The highest BCUT2D eigenvalue weighted by atomic mass is 32.2. The molecule has 10 heteroatoms. The van der Waals surface area contributed by atoms with Crippen molar-refractivity contribution in [1.82, 2.24) is 9.21 Å². The van der Waals surface area contributed by atoms with E-state index in [2.05, 4.69) is 5.32 Å². The molecule has 2 heterocycles. The van der Waals surface area contributed by atoms with E-state index in [0.29, 0.717) is 30.7 Å². The van der Waals surface area contributed by atoms with E-state index in [1.165, 1.54) is 24.6 Å². The molecule has 1 N–H and O–H groups in total. The quantitative estimate of drug-likeness (QED) is 0.580. The summed E-state index contributed by atoms with van der Waals surface area (Å²) >= 11 is 0. The summed E-state index contributed by atoms with van der Waals surface area (Å²) in [7, 11) is -0.899. The lowest BCUT2D eigenvalue weighted by molar-refractivity contribution is -0.129. The van der Waals surface area contributed by atoms with Crippen LogP contribution in [0.1, 0.15) is 31.2 Å².